The number of anilines is 1. The summed E-state index contributed by atoms with van der Waals surface area (Å²) in [4.78, 5) is 12.0. The van der Waals surface area contributed by atoms with Crippen LogP contribution in [0.1, 0.15) is 23.1 Å². The van der Waals surface area contributed by atoms with Crippen molar-refractivity contribution in [2.75, 3.05) is 12.3 Å². The number of nitrogens with two attached hydrogens (primary N) is 1. The molecule has 6 heteroatoms. The van der Waals surface area contributed by atoms with Gasteiger partial charge in [-0.2, -0.15) is 5.10 Å². The van der Waals surface area contributed by atoms with E-state index in [1.54, 1.807) is 23.1 Å². The number of nitrogens with one attached hydrogen (secondary N) is 1. The molecular weight excluding hydrogens is 242 g/mol. The summed E-state index contributed by atoms with van der Waals surface area (Å²) in [6.07, 6.45) is 4.28. The summed E-state index contributed by atoms with van der Waals surface area (Å²) in [5.41, 5.74) is 8.01. The van der Waals surface area contributed by atoms with Gasteiger partial charge in [-0.3, -0.25) is 9.48 Å². The van der Waals surface area contributed by atoms with Gasteiger partial charge in [-0.25, -0.2) is 0 Å². The monoisotopic (exact) mass is 261 g/mol. The van der Waals surface area contributed by atoms with Gasteiger partial charge >= 0.3 is 0 Å². The molecule has 0 aliphatic rings. The molecule has 2 aromatic rings. The fraction of sp³-hybridized carbons (Fsp3) is 0.385. The number of carbonyl (C=O) groups excluding carboxylic acids is 1. The van der Waals surface area contributed by atoms with E-state index in [9.17, 15) is 4.79 Å². The second kappa shape index (κ2) is 5.60. The predicted molar refractivity (Wildman–Crippen MR) is 73.8 cm³/mol. The fourth-order valence-electron chi connectivity index (χ4n) is 2.03. The molecule has 0 saturated carbocycles. The van der Waals surface area contributed by atoms with Crippen molar-refractivity contribution >= 4 is 11.6 Å². The molecule has 2 rings (SSSR count). The first-order valence-electron chi connectivity index (χ1n) is 6.32. The minimum atomic E-state index is -0.0966. The maximum Gasteiger partial charge on any atom is 0.267 e. The van der Waals surface area contributed by atoms with Gasteiger partial charge in [-0.1, -0.05) is 0 Å². The zero-order valence-electron chi connectivity index (χ0n) is 11.3. The Labute approximate surface area is 112 Å². The molecule has 0 radical (unpaired) electrons. The first-order valence-corrected chi connectivity index (χ1v) is 6.32. The summed E-state index contributed by atoms with van der Waals surface area (Å²) in [5.74, 6) is -0.0966. The average molecular weight is 261 g/mol. The Morgan fingerprint density at radius 3 is 2.95 bits per heavy atom. The van der Waals surface area contributed by atoms with Gasteiger partial charge in [0.1, 0.15) is 5.69 Å². The van der Waals surface area contributed by atoms with Gasteiger partial charge in [0.05, 0.1) is 5.69 Å². The van der Waals surface area contributed by atoms with Crippen LogP contribution in [0.15, 0.2) is 24.5 Å². The third-order valence-electron chi connectivity index (χ3n) is 3.08. The highest BCUT2D eigenvalue weighted by atomic mass is 16.1. The van der Waals surface area contributed by atoms with Gasteiger partial charge in [0.15, 0.2) is 0 Å². The zero-order valence-corrected chi connectivity index (χ0v) is 11.3. The molecule has 0 bridgehead atoms. The van der Waals surface area contributed by atoms with E-state index in [0.717, 1.165) is 18.7 Å². The molecule has 0 unspecified atom stereocenters. The molecule has 6 nitrogen and oxygen atoms in total. The molecule has 0 atom stereocenters. The molecule has 1 amide bonds. The highest BCUT2D eigenvalue weighted by Crippen LogP contribution is 2.10. The summed E-state index contributed by atoms with van der Waals surface area (Å²) in [7, 11) is 1.89. The first kappa shape index (κ1) is 13.2. The second-order valence-corrected chi connectivity index (χ2v) is 4.40. The number of hydrogen-bond acceptors (Lipinski definition) is 3. The van der Waals surface area contributed by atoms with E-state index in [1.807, 2.05) is 24.6 Å². The van der Waals surface area contributed by atoms with Crippen LogP contribution in [-0.4, -0.2) is 26.8 Å². The lowest BCUT2D eigenvalue weighted by Gasteiger charge is -2.07. The van der Waals surface area contributed by atoms with Crippen LogP contribution in [0.3, 0.4) is 0 Å². The van der Waals surface area contributed by atoms with Crippen LogP contribution in [0.25, 0.3) is 0 Å². The molecule has 19 heavy (non-hydrogen) atoms. The SMILES string of the molecule is CCn1cc(N)cc1C(=O)NCCc1ccnn1C. The lowest BCUT2D eigenvalue weighted by atomic mass is 10.3. The van der Waals surface area contributed by atoms with Gasteiger partial charge < -0.3 is 15.6 Å². The van der Waals surface area contributed by atoms with E-state index in [1.165, 1.54) is 0 Å². The van der Waals surface area contributed by atoms with Gasteiger partial charge in [0.25, 0.3) is 5.91 Å². The van der Waals surface area contributed by atoms with Crippen LogP contribution >= 0.6 is 0 Å². The Hall–Kier alpha value is -2.24. The lowest BCUT2D eigenvalue weighted by Crippen LogP contribution is -2.28. The van der Waals surface area contributed by atoms with Gasteiger partial charge in [0, 0.05) is 44.6 Å². The summed E-state index contributed by atoms with van der Waals surface area (Å²) in [5, 5.41) is 6.98. The summed E-state index contributed by atoms with van der Waals surface area (Å²) in [6, 6.07) is 3.64. The molecule has 0 fully saturated rings. The van der Waals surface area contributed by atoms with Crippen LogP contribution < -0.4 is 11.1 Å². The van der Waals surface area contributed by atoms with Crippen molar-refractivity contribution in [2.24, 2.45) is 7.05 Å². The Balaban J connectivity index is 1.92. The third kappa shape index (κ3) is 2.96. The summed E-state index contributed by atoms with van der Waals surface area (Å²) < 4.78 is 3.65. The lowest BCUT2D eigenvalue weighted by molar-refractivity contribution is 0.0945. The van der Waals surface area contributed by atoms with E-state index in [0.29, 0.717) is 17.9 Å². The normalized spacial score (nSPS) is 10.6. The molecular formula is C13H19N5O. The van der Waals surface area contributed by atoms with Crippen molar-refractivity contribution in [3.8, 4) is 0 Å². The number of rotatable bonds is 5. The quantitative estimate of drug-likeness (QED) is 0.835. The van der Waals surface area contributed by atoms with Crippen LogP contribution in [-0.2, 0) is 20.0 Å². The van der Waals surface area contributed by atoms with Crippen molar-refractivity contribution < 1.29 is 4.79 Å². The van der Waals surface area contributed by atoms with E-state index in [-0.39, 0.29) is 5.91 Å². The minimum Gasteiger partial charge on any atom is -0.397 e. The van der Waals surface area contributed by atoms with Gasteiger partial charge in [0.2, 0.25) is 0 Å². The Morgan fingerprint density at radius 2 is 2.32 bits per heavy atom. The molecule has 0 aromatic carbocycles. The number of nitrogens with zero attached hydrogens (tertiary/aromatic N) is 3. The highest BCUT2D eigenvalue weighted by molar-refractivity contribution is 5.93. The standard InChI is InChI=1S/C13H19N5O/c1-3-18-9-10(14)8-12(18)13(19)15-6-4-11-5-7-16-17(11)2/h5,7-9H,3-4,6,14H2,1-2H3,(H,15,19). The summed E-state index contributed by atoms with van der Waals surface area (Å²) in [6.45, 7) is 3.28. The highest BCUT2D eigenvalue weighted by Gasteiger charge is 2.11. The molecule has 0 aliphatic heterocycles. The van der Waals surface area contributed by atoms with Crippen LogP contribution in [0.5, 0.6) is 0 Å². The third-order valence-corrected chi connectivity index (χ3v) is 3.08. The first-order chi connectivity index (χ1) is 9.11. The summed E-state index contributed by atoms with van der Waals surface area (Å²) >= 11 is 0. The maximum absolute atomic E-state index is 12.0. The number of nitrogen functional groups attached to an aromatic ring is 1. The molecule has 3 N–H and O–H groups in total. The van der Waals surface area contributed by atoms with Gasteiger partial charge in [-0.05, 0) is 19.1 Å². The van der Waals surface area contributed by atoms with E-state index >= 15 is 0 Å². The number of amides is 1. The smallest absolute Gasteiger partial charge is 0.267 e. The molecule has 2 heterocycles. The van der Waals surface area contributed by atoms with Crippen LogP contribution in [0.4, 0.5) is 5.69 Å². The molecule has 0 aliphatic carbocycles. The van der Waals surface area contributed by atoms with Gasteiger partial charge in [-0.15, -0.1) is 0 Å². The average Bonchev–Trinajstić information content (AvgIpc) is 2.95. The number of aromatic nitrogens is 3. The molecule has 0 spiro atoms. The zero-order chi connectivity index (χ0) is 13.8. The van der Waals surface area contributed by atoms with Crippen LogP contribution in [0.2, 0.25) is 0 Å². The van der Waals surface area contributed by atoms with Crippen molar-refractivity contribution in [3.05, 3.63) is 35.9 Å². The predicted octanol–water partition coefficient (Wildman–Crippen LogP) is 0.796. The Morgan fingerprint density at radius 1 is 1.53 bits per heavy atom. The topological polar surface area (TPSA) is 77.9 Å². The maximum atomic E-state index is 12.0. The van der Waals surface area contributed by atoms with Crippen molar-refractivity contribution in [3.63, 3.8) is 0 Å². The number of hydrogen-bond donors (Lipinski definition) is 2. The largest absolute Gasteiger partial charge is 0.397 e. The molecule has 102 valence electrons. The molecule has 2 aromatic heterocycles. The fourth-order valence-corrected chi connectivity index (χ4v) is 2.03. The number of aryl methyl sites for hydroxylation is 2. The van der Waals surface area contributed by atoms with Crippen molar-refractivity contribution in [1.29, 1.82) is 0 Å². The van der Waals surface area contributed by atoms with E-state index in [2.05, 4.69) is 10.4 Å². The molecule has 0 saturated heterocycles. The minimum absolute atomic E-state index is 0.0966. The van der Waals surface area contributed by atoms with E-state index < -0.39 is 0 Å². The second-order valence-electron chi connectivity index (χ2n) is 4.40. The number of carbonyl (C=O) groups is 1. The van der Waals surface area contributed by atoms with Crippen molar-refractivity contribution in [1.82, 2.24) is 19.7 Å². The van der Waals surface area contributed by atoms with Crippen molar-refractivity contribution in [2.45, 2.75) is 19.9 Å². The Kier molecular flexibility index (Phi) is 3.89. The van der Waals surface area contributed by atoms with E-state index in [4.69, 9.17) is 5.73 Å². The Bertz CT molecular complexity index is 569. The van der Waals surface area contributed by atoms with Crippen LogP contribution in [0, 0.1) is 0 Å².